The molecule has 1 aliphatic carbocycles. The molecule has 0 spiro atoms. The molecule has 0 unspecified atom stereocenters. The van der Waals surface area contributed by atoms with E-state index in [1.165, 1.54) is 23.9 Å². The maximum atomic E-state index is 13.4. The van der Waals surface area contributed by atoms with Gasteiger partial charge < -0.3 is 10.3 Å². The predicted octanol–water partition coefficient (Wildman–Crippen LogP) is 5.93. The molecular weight excluding hydrogens is 544 g/mol. The lowest BCUT2D eigenvalue weighted by Crippen LogP contribution is -2.37. The van der Waals surface area contributed by atoms with E-state index >= 15 is 0 Å². The number of Topliss-reactive ketones (excluding diaryl/α,β-unsaturated/α-hetero) is 1. The predicted molar refractivity (Wildman–Crippen MR) is 142 cm³/mol. The Morgan fingerprint density at radius 3 is 2.61 bits per heavy atom. The van der Waals surface area contributed by atoms with Crippen molar-refractivity contribution in [2.75, 3.05) is 5.32 Å². The van der Waals surface area contributed by atoms with Crippen molar-refractivity contribution in [3.05, 3.63) is 101 Å². The minimum absolute atomic E-state index is 0.0286. The Hall–Kier alpha value is -3.24. The van der Waals surface area contributed by atoms with Gasteiger partial charge in [0.2, 0.25) is 0 Å². The Labute approximate surface area is 219 Å². The average molecular weight is 567 g/mol. The Morgan fingerprint density at radius 2 is 1.92 bits per heavy atom. The number of nitro benzene ring substituents is 1. The molecule has 0 saturated heterocycles. The molecule has 0 amide bonds. The van der Waals surface area contributed by atoms with Crippen molar-refractivity contribution in [3.8, 4) is 0 Å². The number of H-pyrrole nitrogens is 1. The Kier molecular flexibility index (Phi) is 6.34. The number of benzene rings is 2. The van der Waals surface area contributed by atoms with Crippen molar-refractivity contribution < 1.29 is 9.72 Å². The molecule has 2 heterocycles. The first kappa shape index (κ1) is 24.5. The molecule has 5 rings (SSSR count). The highest BCUT2D eigenvalue weighted by atomic mass is 79.9. The second-order valence-electron chi connectivity index (χ2n) is 9.79. The summed E-state index contributed by atoms with van der Waals surface area (Å²) in [6, 6.07) is 14.0. The zero-order chi connectivity index (χ0) is 25.6. The summed E-state index contributed by atoms with van der Waals surface area (Å²) in [6.07, 6.45) is 1.10. The van der Waals surface area contributed by atoms with Crippen molar-refractivity contribution in [1.29, 1.82) is 0 Å². The van der Waals surface area contributed by atoms with E-state index in [4.69, 9.17) is 4.98 Å². The number of rotatable bonds is 5. The molecule has 36 heavy (non-hydrogen) atoms. The molecule has 1 atom stereocenters. The molecule has 2 N–H and O–H groups in total. The number of thioether (sulfide) groups is 1. The van der Waals surface area contributed by atoms with Gasteiger partial charge >= 0.3 is 0 Å². The third kappa shape index (κ3) is 4.75. The van der Waals surface area contributed by atoms with Crippen molar-refractivity contribution in [1.82, 2.24) is 9.97 Å². The number of aromatic nitrogens is 2. The van der Waals surface area contributed by atoms with Crippen LogP contribution < -0.4 is 10.9 Å². The zero-order valence-corrected chi connectivity index (χ0v) is 22.0. The standard InChI is InChI=1S/C26H23BrN4O4S/c1-26(2)11-18-21(19(32)12-26)20(15-4-3-5-16(27)10-15)22-23(28-18)29-25(30-24(22)33)36-13-14-6-8-17(9-7-14)31(34)35/h3-10,20H,11-13H2,1-2H3,(H2,28,29,30,33)/t20-/m1/s1. The second-order valence-corrected chi connectivity index (χ2v) is 11.7. The first-order valence-corrected chi connectivity index (χ1v) is 13.2. The van der Waals surface area contributed by atoms with Crippen molar-refractivity contribution in [2.45, 2.75) is 43.5 Å². The molecule has 2 aromatic carbocycles. The van der Waals surface area contributed by atoms with Crippen LogP contribution in [0.2, 0.25) is 0 Å². The van der Waals surface area contributed by atoms with Crippen molar-refractivity contribution in [3.63, 3.8) is 0 Å². The van der Waals surface area contributed by atoms with Gasteiger partial charge in [0.05, 0.1) is 10.5 Å². The molecular formula is C26H23BrN4O4S. The van der Waals surface area contributed by atoms with E-state index in [0.29, 0.717) is 40.7 Å². The molecule has 184 valence electrons. The number of hydrogen-bond donors (Lipinski definition) is 2. The monoisotopic (exact) mass is 566 g/mol. The maximum Gasteiger partial charge on any atom is 0.269 e. The first-order valence-electron chi connectivity index (χ1n) is 11.4. The number of carbonyl (C=O) groups excluding carboxylic acids is 1. The van der Waals surface area contributed by atoms with E-state index in [2.05, 4.69) is 40.1 Å². The lowest BCUT2D eigenvalue weighted by Gasteiger charge is -2.38. The minimum atomic E-state index is -0.512. The highest BCUT2D eigenvalue weighted by Crippen LogP contribution is 2.48. The fraction of sp³-hybridized carbons (Fsp3) is 0.269. The summed E-state index contributed by atoms with van der Waals surface area (Å²) in [5.74, 6) is 0.468. The van der Waals surface area contributed by atoms with E-state index in [1.807, 2.05) is 24.3 Å². The molecule has 0 bridgehead atoms. The van der Waals surface area contributed by atoms with Crippen LogP contribution in [0.15, 0.2) is 74.2 Å². The summed E-state index contributed by atoms with van der Waals surface area (Å²) in [6.45, 7) is 4.13. The van der Waals surface area contributed by atoms with Crippen LogP contribution in [0.5, 0.6) is 0 Å². The number of allylic oxidation sites excluding steroid dienone is 2. The van der Waals surface area contributed by atoms with E-state index in [-0.39, 0.29) is 22.4 Å². The number of ketones is 1. The van der Waals surface area contributed by atoms with Gasteiger partial charge in [-0.2, -0.15) is 0 Å². The van der Waals surface area contributed by atoms with Crippen LogP contribution in [-0.4, -0.2) is 20.7 Å². The molecule has 0 fully saturated rings. The summed E-state index contributed by atoms with van der Waals surface area (Å²) < 4.78 is 0.866. The second kappa shape index (κ2) is 9.33. The van der Waals surface area contributed by atoms with Gasteiger partial charge in [-0.05, 0) is 35.1 Å². The fourth-order valence-corrected chi connectivity index (χ4v) is 6.08. The molecule has 10 heteroatoms. The summed E-state index contributed by atoms with van der Waals surface area (Å²) in [5, 5.41) is 14.6. The number of halogens is 1. The van der Waals surface area contributed by atoms with E-state index in [1.54, 1.807) is 12.1 Å². The molecule has 0 saturated carbocycles. The van der Waals surface area contributed by atoms with Crippen LogP contribution in [0.1, 0.15) is 49.3 Å². The van der Waals surface area contributed by atoms with Crippen LogP contribution in [-0.2, 0) is 10.5 Å². The maximum absolute atomic E-state index is 13.4. The Bertz CT molecular complexity index is 1480. The molecule has 1 aliphatic heterocycles. The third-order valence-corrected chi connectivity index (χ3v) is 7.84. The molecule has 3 aromatic rings. The van der Waals surface area contributed by atoms with Crippen LogP contribution in [0.4, 0.5) is 11.5 Å². The SMILES string of the molecule is CC1(C)CC(=O)C2=C(C1)Nc1nc(SCc3ccc([N+](=O)[O-])cc3)[nH]c(=O)c1[C@@H]2c1cccc(Br)c1. The number of fused-ring (bicyclic) bond motifs is 1. The van der Waals surface area contributed by atoms with Gasteiger partial charge in [0.15, 0.2) is 10.9 Å². The molecule has 2 aliphatic rings. The summed E-state index contributed by atoms with van der Waals surface area (Å²) in [5.41, 5.74) is 3.14. The summed E-state index contributed by atoms with van der Waals surface area (Å²) in [4.78, 5) is 44.8. The van der Waals surface area contributed by atoms with Gasteiger partial charge in [0.1, 0.15) is 5.82 Å². The number of carbonyl (C=O) groups is 1. The topological polar surface area (TPSA) is 118 Å². The Balaban J connectivity index is 1.53. The van der Waals surface area contributed by atoms with Crippen LogP contribution in [0.3, 0.4) is 0 Å². The quantitative estimate of drug-likeness (QED) is 0.170. The fourth-order valence-electron chi connectivity index (χ4n) is 4.85. The number of aromatic amines is 1. The van der Waals surface area contributed by atoms with Crippen LogP contribution in [0, 0.1) is 15.5 Å². The van der Waals surface area contributed by atoms with Crippen molar-refractivity contribution >= 4 is 45.0 Å². The van der Waals surface area contributed by atoms with Gasteiger partial charge in [0.25, 0.3) is 11.2 Å². The number of nitro groups is 1. The minimum Gasteiger partial charge on any atom is -0.343 e. The van der Waals surface area contributed by atoms with Gasteiger partial charge in [-0.3, -0.25) is 19.7 Å². The number of nitrogens with one attached hydrogen (secondary N) is 2. The van der Waals surface area contributed by atoms with Crippen molar-refractivity contribution in [2.24, 2.45) is 5.41 Å². The highest BCUT2D eigenvalue weighted by molar-refractivity contribution is 9.10. The van der Waals surface area contributed by atoms with Gasteiger partial charge in [0, 0.05) is 46.0 Å². The number of anilines is 1. The van der Waals surface area contributed by atoms with Gasteiger partial charge in [-0.25, -0.2) is 4.98 Å². The van der Waals surface area contributed by atoms with Gasteiger partial charge in [-0.1, -0.05) is 65.8 Å². The molecule has 8 nitrogen and oxygen atoms in total. The largest absolute Gasteiger partial charge is 0.343 e. The normalized spacial score (nSPS) is 18.3. The van der Waals surface area contributed by atoms with Crippen LogP contribution in [0.25, 0.3) is 0 Å². The smallest absolute Gasteiger partial charge is 0.269 e. The summed E-state index contributed by atoms with van der Waals surface area (Å²) in [7, 11) is 0. The zero-order valence-electron chi connectivity index (χ0n) is 19.6. The number of non-ortho nitro benzene ring substituents is 1. The van der Waals surface area contributed by atoms with E-state index < -0.39 is 10.8 Å². The third-order valence-electron chi connectivity index (χ3n) is 6.40. The lowest BCUT2D eigenvalue weighted by atomic mass is 9.69. The number of hydrogen-bond acceptors (Lipinski definition) is 7. The van der Waals surface area contributed by atoms with Gasteiger partial charge in [-0.15, -0.1) is 0 Å². The van der Waals surface area contributed by atoms with E-state index in [9.17, 15) is 19.7 Å². The molecule has 1 aromatic heterocycles. The Morgan fingerprint density at radius 1 is 1.17 bits per heavy atom. The van der Waals surface area contributed by atoms with Crippen LogP contribution >= 0.6 is 27.7 Å². The number of nitrogens with zero attached hydrogens (tertiary/aromatic N) is 2. The van der Waals surface area contributed by atoms with E-state index in [0.717, 1.165) is 21.3 Å². The molecule has 0 radical (unpaired) electrons. The lowest BCUT2D eigenvalue weighted by molar-refractivity contribution is -0.384. The summed E-state index contributed by atoms with van der Waals surface area (Å²) >= 11 is 4.85. The highest BCUT2D eigenvalue weighted by Gasteiger charge is 2.42. The average Bonchev–Trinajstić information content (AvgIpc) is 2.81. The first-order chi connectivity index (χ1) is 17.1.